The SMILES string of the molecule is [Li][CH](COP(=O)(O)O)COP(=O)(O)O. The normalized spacial score (nSPS) is 13.6. The van der Waals surface area contributed by atoms with Gasteiger partial charge in [0.25, 0.3) is 0 Å². The van der Waals surface area contributed by atoms with Crippen LogP contribution in [0.25, 0.3) is 0 Å². The van der Waals surface area contributed by atoms with Crippen molar-refractivity contribution in [3.63, 3.8) is 0 Å². The van der Waals surface area contributed by atoms with Crippen LogP contribution in [0, 0.1) is 0 Å². The minimum atomic E-state index is -4.53. The van der Waals surface area contributed by atoms with Crippen LogP contribution < -0.4 is 0 Å². The van der Waals surface area contributed by atoms with Crippen LogP contribution in [0.4, 0.5) is 0 Å². The Balaban J connectivity index is 3.73. The first-order valence-electron chi connectivity index (χ1n) is 3.50. The summed E-state index contributed by atoms with van der Waals surface area (Å²) >= 11 is 1.46. The van der Waals surface area contributed by atoms with E-state index in [4.69, 9.17) is 19.6 Å². The van der Waals surface area contributed by atoms with Gasteiger partial charge in [-0.05, 0) is 0 Å². The molecule has 0 spiro atoms. The van der Waals surface area contributed by atoms with E-state index in [9.17, 15) is 9.13 Å². The molecule has 0 aliphatic heterocycles. The Morgan fingerprint density at radius 1 is 1.00 bits per heavy atom. The third kappa shape index (κ3) is 10.9. The second-order valence-corrected chi connectivity index (χ2v) is 5.16. The molecular weight excluding hydrogens is 233 g/mol. The van der Waals surface area contributed by atoms with Gasteiger partial charge in [-0.15, -0.1) is 0 Å². The van der Waals surface area contributed by atoms with Crippen LogP contribution >= 0.6 is 15.6 Å². The zero-order valence-corrected chi connectivity index (χ0v) is 9.10. The Bertz CT molecular complexity index is 229. The molecule has 0 radical (unpaired) electrons. The first-order valence-corrected chi connectivity index (χ1v) is 6.56. The van der Waals surface area contributed by atoms with Crippen LogP contribution in [0.3, 0.4) is 0 Å². The molecule has 0 rings (SSSR count). The zero-order valence-electron chi connectivity index (χ0n) is 7.31. The van der Waals surface area contributed by atoms with Gasteiger partial charge in [-0.25, -0.2) is 0 Å². The number of phosphoric ester groups is 2. The predicted octanol–water partition coefficient (Wildman–Crippen LogP) is -0.838. The molecule has 0 bridgehead atoms. The third-order valence-corrected chi connectivity index (χ3v) is 2.03. The van der Waals surface area contributed by atoms with E-state index in [1.54, 1.807) is 0 Å². The average Bonchev–Trinajstić information content (AvgIpc) is 1.94. The van der Waals surface area contributed by atoms with Crippen LogP contribution in [0.1, 0.15) is 0 Å². The van der Waals surface area contributed by atoms with E-state index in [1.165, 1.54) is 17.7 Å². The van der Waals surface area contributed by atoms with Crippen LogP contribution in [-0.4, -0.2) is 50.5 Å². The molecule has 11 heteroatoms. The summed E-state index contributed by atoms with van der Waals surface area (Å²) in [4.78, 5) is 33.2. The molecule has 0 saturated heterocycles. The second kappa shape index (κ2) is 5.78. The van der Waals surface area contributed by atoms with Crippen molar-refractivity contribution in [2.45, 2.75) is 4.59 Å². The molecule has 8 nitrogen and oxygen atoms in total. The van der Waals surface area contributed by atoms with Gasteiger partial charge in [0.15, 0.2) is 0 Å². The van der Waals surface area contributed by atoms with E-state index in [1.807, 2.05) is 0 Å². The molecule has 0 aromatic rings. The standard InChI is InChI=1S/C3H9O8P2.Li/c4-12(5,6)10-2-1-3-11-13(7,8)9;/h1H,2-3H2,(H2,4,5,6)(H2,7,8,9);. The van der Waals surface area contributed by atoms with Crippen LogP contribution in [-0.2, 0) is 18.2 Å². The van der Waals surface area contributed by atoms with Gasteiger partial charge in [0.1, 0.15) is 0 Å². The summed E-state index contributed by atoms with van der Waals surface area (Å²) in [6.07, 6.45) is 0. The third-order valence-electron chi connectivity index (χ3n) is 1.05. The minimum absolute atomic E-state index is 0.343. The summed E-state index contributed by atoms with van der Waals surface area (Å²) in [7, 11) is -9.07. The van der Waals surface area contributed by atoms with Crippen molar-refractivity contribution in [1.29, 1.82) is 0 Å². The molecule has 0 saturated carbocycles. The maximum absolute atomic E-state index is 10.2. The quantitative estimate of drug-likeness (QED) is 0.350. The Labute approximate surface area is 89.3 Å². The summed E-state index contributed by atoms with van der Waals surface area (Å²) in [6, 6.07) is 0. The predicted molar refractivity (Wildman–Crippen MR) is 45.5 cm³/mol. The van der Waals surface area contributed by atoms with E-state index in [0.29, 0.717) is 0 Å². The van der Waals surface area contributed by atoms with Gasteiger partial charge in [-0.2, -0.15) is 0 Å². The molecule has 0 aromatic heterocycles. The van der Waals surface area contributed by atoms with Gasteiger partial charge >= 0.3 is 88.9 Å². The Morgan fingerprint density at radius 2 is 1.29 bits per heavy atom. The molecule has 80 valence electrons. The fourth-order valence-electron chi connectivity index (χ4n) is 0.497. The Morgan fingerprint density at radius 3 is 1.50 bits per heavy atom. The van der Waals surface area contributed by atoms with Gasteiger partial charge in [-0.1, -0.05) is 0 Å². The fraction of sp³-hybridized carbons (Fsp3) is 1.00. The maximum atomic E-state index is 10.2. The summed E-state index contributed by atoms with van der Waals surface area (Å²) in [5.74, 6) is 0. The summed E-state index contributed by atoms with van der Waals surface area (Å²) in [6.45, 7) is -0.686. The molecule has 0 fully saturated rings. The van der Waals surface area contributed by atoms with Crippen molar-refractivity contribution < 1.29 is 37.8 Å². The molecule has 0 amide bonds. The Hall–Kier alpha value is 0.817. The molecule has 0 aliphatic carbocycles. The van der Waals surface area contributed by atoms with E-state index in [2.05, 4.69) is 9.05 Å². The van der Waals surface area contributed by atoms with Gasteiger partial charge in [0.2, 0.25) is 0 Å². The second-order valence-electron chi connectivity index (χ2n) is 2.68. The number of phosphoric acid groups is 2. The first kappa shape index (κ1) is 14.8. The monoisotopic (exact) mass is 242 g/mol. The van der Waals surface area contributed by atoms with Crippen LogP contribution in [0.5, 0.6) is 0 Å². The summed E-state index contributed by atoms with van der Waals surface area (Å²) in [5, 5.41) is 0. The molecular formula is C3H9LiO8P2. The molecule has 4 N–H and O–H groups in total. The molecule has 0 heterocycles. The van der Waals surface area contributed by atoms with Gasteiger partial charge in [-0.3, -0.25) is 0 Å². The molecule has 0 aliphatic rings. The van der Waals surface area contributed by atoms with E-state index < -0.39 is 20.2 Å². The van der Waals surface area contributed by atoms with E-state index >= 15 is 0 Å². The first-order chi connectivity index (χ1) is 6.10. The summed E-state index contributed by atoms with van der Waals surface area (Å²) < 4.78 is 28.1. The molecule has 0 aromatic carbocycles. The fourth-order valence-corrected chi connectivity index (χ4v) is 1.39. The zero-order chi connectivity index (χ0) is 11.4. The van der Waals surface area contributed by atoms with Crippen molar-refractivity contribution >= 4 is 33.4 Å². The van der Waals surface area contributed by atoms with E-state index in [-0.39, 0.29) is 13.2 Å². The average molecular weight is 242 g/mol. The van der Waals surface area contributed by atoms with Crippen molar-refractivity contribution in [1.82, 2.24) is 0 Å². The van der Waals surface area contributed by atoms with Gasteiger partial charge < -0.3 is 0 Å². The van der Waals surface area contributed by atoms with Crippen molar-refractivity contribution in [3.8, 4) is 0 Å². The van der Waals surface area contributed by atoms with E-state index in [0.717, 1.165) is 0 Å². The number of rotatable bonds is 6. The van der Waals surface area contributed by atoms with Crippen molar-refractivity contribution in [2.75, 3.05) is 13.2 Å². The molecule has 14 heavy (non-hydrogen) atoms. The number of hydrogen-bond donors (Lipinski definition) is 4. The molecule has 0 atom stereocenters. The Kier molecular flexibility index (Phi) is 6.12. The van der Waals surface area contributed by atoms with Crippen LogP contribution in [0.15, 0.2) is 0 Å². The molecule has 0 unspecified atom stereocenters. The van der Waals surface area contributed by atoms with Crippen molar-refractivity contribution in [2.24, 2.45) is 0 Å². The van der Waals surface area contributed by atoms with Gasteiger partial charge in [0, 0.05) is 0 Å². The van der Waals surface area contributed by atoms with Gasteiger partial charge in [0.05, 0.1) is 0 Å². The van der Waals surface area contributed by atoms with Crippen molar-refractivity contribution in [3.05, 3.63) is 0 Å². The topological polar surface area (TPSA) is 134 Å². The summed E-state index contributed by atoms with van der Waals surface area (Å²) in [5.41, 5.74) is 0. The van der Waals surface area contributed by atoms with Crippen LogP contribution in [0.2, 0.25) is 4.59 Å². The number of hydrogen-bond acceptors (Lipinski definition) is 4.